The van der Waals surface area contributed by atoms with Gasteiger partial charge in [0.15, 0.2) is 0 Å². The van der Waals surface area contributed by atoms with Crippen molar-refractivity contribution in [2.75, 3.05) is 11.1 Å². The van der Waals surface area contributed by atoms with Gasteiger partial charge in [0.25, 0.3) is 0 Å². The predicted octanol–water partition coefficient (Wildman–Crippen LogP) is 3.41. The predicted molar refractivity (Wildman–Crippen MR) is 79.4 cm³/mol. The lowest BCUT2D eigenvalue weighted by Crippen LogP contribution is -2.15. The first-order chi connectivity index (χ1) is 9.04. The second kappa shape index (κ2) is 5.76. The summed E-state index contributed by atoms with van der Waals surface area (Å²) in [6, 6.07) is 12.8. The molecule has 0 aromatic heterocycles. The normalized spacial score (nSPS) is 10.2. The van der Waals surface area contributed by atoms with E-state index in [1.54, 1.807) is 18.2 Å². The topological polar surface area (TPSA) is 55.1 Å². The third-order valence-corrected chi connectivity index (χ3v) is 3.01. The van der Waals surface area contributed by atoms with Crippen molar-refractivity contribution in [3.8, 4) is 0 Å². The van der Waals surface area contributed by atoms with Crippen LogP contribution in [0.2, 0.25) is 5.02 Å². The quantitative estimate of drug-likeness (QED) is 0.843. The maximum atomic E-state index is 11.9. The van der Waals surface area contributed by atoms with E-state index in [9.17, 15) is 4.79 Å². The average molecular weight is 275 g/mol. The molecule has 0 bridgehead atoms. The number of anilines is 2. The standard InChI is InChI=1S/C15H15ClN2O/c1-10-2-7-13(17)14(8-10)18-15(19)9-11-3-5-12(16)6-4-11/h2-8H,9,17H2,1H3,(H,18,19). The Hall–Kier alpha value is -2.00. The van der Waals surface area contributed by atoms with Crippen LogP contribution in [-0.4, -0.2) is 5.91 Å². The van der Waals surface area contributed by atoms with Gasteiger partial charge in [-0.25, -0.2) is 0 Å². The van der Waals surface area contributed by atoms with E-state index in [1.807, 2.05) is 31.2 Å². The number of benzene rings is 2. The molecule has 3 N–H and O–H groups in total. The molecule has 0 heterocycles. The van der Waals surface area contributed by atoms with Crippen molar-refractivity contribution in [3.05, 3.63) is 58.6 Å². The molecule has 19 heavy (non-hydrogen) atoms. The summed E-state index contributed by atoms with van der Waals surface area (Å²) < 4.78 is 0. The molecule has 0 aliphatic carbocycles. The summed E-state index contributed by atoms with van der Waals surface area (Å²) in [5.74, 6) is -0.0976. The fraction of sp³-hybridized carbons (Fsp3) is 0.133. The molecular formula is C15H15ClN2O. The fourth-order valence-electron chi connectivity index (χ4n) is 1.76. The number of halogens is 1. The van der Waals surface area contributed by atoms with Crippen LogP contribution in [0.5, 0.6) is 0 Å². The molecule has 2 aromatic rings. The molecule has 2 aromatic carbocycles. The Kier molecular flexibility index (Phi) is 4.07. The highest BCUT2D eigenvalue weighted by Crippen LogP contribution is 2.20. The van der Waals surface area contributed by atoms with Crippen molar-refractivity contribution >= 4 is 28.9 Å². The zero-order chi connectivity index (χ0) is 13.8. The van der Waals surface area contributed by atoms with Crippen LogP contribution in [0.3, 0.4) is 0 Å². The zero-order valence-corrected chi connectivity index (χ0v) is 11.4. The molecule has 98 valence electrons. The summed E-state index contributed by atoms with van der Waals surface area (Å²) in [5, 5.41) is 3.48. The van der Waals surface area contributed by atoms with Gasteiger partial charge in [-0.1, -0.05) is 29.8 Å². The van der Waals surface area contributed by atoms with Gasteiger partial charge in [-0.05, 0) is 42.3 Å². The number of hydrogen-bond donors (Lipinski definition) is 2. The van der Waals surface area contributed by atoms with E-state index in [0.29, 0.717) is 22.8 Å². The van der Waals surface area contributed by atoms with Crippen LogP contribution < -0.4 is 11.1 Å². The number of rotatable bonds is 3. The number of hydrogen-bond acceptors (Lipinski definition) is 2. The smallest absolute Gasteiger partial charge is 0.228 e. The van der Waals surface area contributed by atoms with Crippen molar-refractivity contribution in [2.24, 2.45) is 0 Å². The Balaban J connectivity index is 2.05. The Morgan fingerprint density at radius 3 is 2.58 bits per heavy atom. The lowest BCUT2D eigenvalue weighted by atomic mass is 10.1. The molecule has 0 saturated heterocycles. The molecule has 1 amide bonds. The van der Waals surface area contributed by atoms with E-state index >= 15 is 0 Å². The fourth-order valence-corrected chi connectivity index (χ4v) is 1.89. The molecule has 4 heteroatoms. The second-order valence-corrected chi connectivity index (χ2v) is 4.88. The third kappa shape index (κ3) is 3.73. The Morgan fingerprint density at radius 2 is 1.89 bits per heavy atom. The van der Waals surface area contributed by atoms with Crippen LogP contribution in [0.1, 0.15) is 11.1 Å². The zero-order valence-electron chi connectivity index (χ0n) is 10.6. The average Bonchev–Trinajstić information content (AvgIpc) is 2.37. The highest BCUT2D eigenvalue weighted by atomic mass is 35.5. The van der Waals surface area contributed by atoms with E-state index < -0.39 is 0 Å². The lowest BCUT2D eigenvalue weighted by molar-refractivity contribution is -0.115. The second-order valence-electron chi connectivity index (χ2n) is 4.44. The highest BCUT2D eigenvalue weighted by molar-refractivity contribution is 6.30. The van der Waals surface area contributed by atoms with Crippen LogP contribution in [0.15, 0.2) is 42.5 Å². The molecular weight excluding hydrogens is 260 g/mol. The van der Waals surface area contributed by atoms with Crippen molar-refractivity contribution < 1.29 is 4.79 Å². The number of amides is 1. The molecule has 0 spiro atoms. The van der Waals surface area contributed by atoms with Crippen LogP contribution in [-0.2, 0) is 11.2 Å². The van der Waals surface area contributed by atoms with Crippen molar-refractivity contribution in [2.45, 2.75) is 13.3 Å². The van der Waals surface area contributed by atoms with Crippen molar-refractivity contribution in [3.63, 3.8) is 0 Å². The van der Waals surface area contributed by atoms with Crippen LogP contribution >= 0.6 is 11.6 Å². The molecule has 0 atom stereocenters. The van der Waals surface area contributed by atoms with Crippen LogP contribution in [0, 0.1) is 6.92 Å². The summed E-state index contributed by atoms with van der Waals surface area (Å²) >= 11 is 5.80. The molecule has 2 rings (SSSR count). The first-order valence-electron chi connectivity index (χ1n) is 5.95. The summed E-state index contributed by atoms with van der Waals surface area (Å²) in [6.07, 6.45) is 0.296. The molecule has 0 fully saturated rings. The van der Waals surface area contributed by atoms with Gasteiger partial charge in [-0.3, -0.25) is 4.79 Å². The van der Waals surface area contributed by atoms with Gasteiger partial charge >= 0.3 is 0 Å². The van der Waals surface area contributed by atoms with Crippen LogP contribution in [0.25, 0.3) is 0 Å². The third-order valence-electron chi connectivity index (χ3n) is 2.76. The minimum Gasteiger partial charge on any atom is -0.397 e. The van der Waals surface area contributed by atoms with E-state index in [1.165, 1.54) is 0 Å². The molecule has 0 saturated carbocycles. The Labute approximate surface area is 117 Å². The van der Waals surface area contributed by atoms with Crippen molar-refractivity contribution in [1.29, 1.82) is 0 Å². The van der Waals surface area contributed by atoms with Gasteiger partial charge in [0, 0.05) is 5.02 Å². The van der Waals surface area contributed by atoms with Gasteiger partial charge in [-0.15, -0.1) is 0 Å². The van der Waals surface area contributed by atoms with Gasteiger partial charge in [0.05, 0.1) is 17.8 Å². The van der Waals surface area contributed by atoms with Gasteiger partial charge in [0.2, 0.25) is 5.91 Å². The Morgan fingerprint density at radius 1 is 1.21 bits per heavy atom. The highest BCUT2D eigenvalue weighted by Gasteiger charge is 2.06. The van der Waals surface area contributed by atoms with Gasteiger partial charge in [0.1, 0.15) is 0 Å². The van der Waals surface area contributed by atoms with Gasteiger partial charge < -0.3 is 11.1 Å². The summed E-state index contributed by atoms with van der Waals surface area (Å²) in [6.45, 7) is 1.95. The first-order valence-corrected chi connectivity index (χ1v) is 6.33. The summed E-state index contributed by atoms with van der Waals surface area (Å²) in [4.78, 5) is 11.9. The van der Waals surface area contributed by atoms with Gasteiger partial charge in [-0.2, -0.15) is 0 Å². The molecule has 0 aliphatic rings. The Bertz CT molecular complexity index is 594. The number of aryl methyl sites for hydroxylation is 1. The minimum absolute atomic E-state index is 0.0976. The van der Waals surface area contributed by atoms with E-state index in [0.717, 1.165) is 11.1 Å². The van der Waals surface area contributed by atoms with E-state index in [-0.39, 0.29) is 5.91 Å². The maximum absolute atomic E-state index is 11.9. The maximum Gasteiger partial charge on any atom is 0.228 e. The monoisotopic (exact) mass is 274 g/mol. The molecule has 0 radical (unpaired) electrons. The lowest BCUT2D eigenvalue weighted by Gasteiger charge is -2.09. The molecule has 0 unspecified atom stereocenters. The number of nitrogens with two attached hydrogens (primary N) is 1. The largest absolute Gasteiger partial charge is 0.397 e. The number of carbonyl (C=O) groups excluding carboxylic acids is 1. The van der Waals surface area contributed by atoms with Crippen LogP contribution in [0.4, 0.5) is 11.4 Å². The SMILES string of the molecule is Cc1ccc(N)c(NC(=O)Cc2ccc(Cl)cc2)c1. The number of carbonyl (C=O) groups is 1. The summed E-state index contributed by atoms with van der Waals surface area (Å²) in [7, 11) is 0. The first kappa shape index (κ1) is 13.4. The molecule has 0 aliphatic heterocycles. The van der Waals surface area contributed by atoms with E-state index in [4.69, 9.17) is 17.3 Å². The molecule has 3 nitrogen and oxygen atoms in total. The number of nitrogen functional groups attached to an aromatic ring is 1. The van der Waals surface area contributed by atoms with E-state index in [2.05, 4.69) is 5.32 Å². The minimum atomic E-state index is -0.0976. The summed E-state index contributed by atoms with van der Waals surface area (Å²) in [5.41, 5.74) is 9.00. The number of nitrogens with one attached hydrogen (secondary N) is 1. The van der Waals surface area contributed by atoms with Crippen molar-refractivity contribution in [1.82, 2.24) is 0 Å².